The predicted octanol–water partition coefficient (Wildman–Crippen LogP) is 4.37. The number of hydrogen-bond acceptors (Lipinski definition) is 6. The standard InChI is InChI=1S/C23H18ClN3O3/c24-14-3-1-4-15(10-14)27-17-5-2-6-18(28)22(17)21(16(11-25)23(27)26)13-7-8-19-20(9-13)30-12-29-19/h1,3-4,7-10,21H,2,5-6,12,26H2/t21-/m1/s1. The molecule has 0 radical (unpaired) electrons. The van der Waals surface area contributed by atoms with E-state index >= 15 is 0 Å². The van der Waals surface area contributed by atoms with Crippen molar-refractivity contribution in [2.45, 2.75) is 25.2 Å². The summed E-state index contributed by atoms with van der Waals surface area (Å²) in [6.45, 7) is 0.155. The lowest BCUT2D eigenvalue weighted by Crippen LogP contribution is -2.38. The lowest BCUT2D eigenvalue weighted by Gasteiger charge is -2.39. The maximum Gasteiger partial charge on any atom is 0.231 e. The third-order valence-corrected chi connectivity index (χ3v) is 5.94. The van der Waals surface area contributed by atoms with E-state index in [0.717, 1.165) is 23.4 Å². The maximum absolute atomic E-state index is 13.1. The quantitative estimate of drug-likeness (QED) is 0.777. The first-order chi connectivity index (χ1) is 14.6. The summed E-state index contributed by atoms with van der Waals surface area (Å²) in [5.41, 5.74) is 9.85. The van der Waals surface area contributed by atoms with Crippen LogP contribution in [0, 0.1) is 11.3 Å². The molecule has 7 heteroatoms. The van der Waals surface area contributed by atoms with Crippen LogP contribution in [0.2, 0.25) is 5.02 Å². The van der Waals surface area contributed by atoms with Crippen molar-refractivity contribution < 1.29 is 14.3 Å². The minimum atomic E-state index is -0.539. The molecule has 2 N–H and O–H groups in total. The average Bonchev–Trinajstić information content (AvgIpc) is 3.21. The van der Waals surface area contributed by atoms with Gasteiger partial charge in [0, 0.05) is 28.4 Å². The molecule has 0 saturated carbocycles. The van der Waals surface area contributed by atoms with Gasteiger partial charge in [-0.2, -0.15) is 5.26 Å². The van der Waals surface area contributed by atoms with Gasteiger partial charge in [-0.05, 0) is 48.7 Å². The highest BCUT2D eigenvalue weighted by Crippen LogP contribution is 2.48. The number of carbonyl (C=O) groups is 1. The number of Topliss-reactive ketones (excluding diaryl/α,β-unsaturated/α-hetero) is 1. The molecule has 2 aliphatic heterocycles. The Morgan fingerprint density at radius 1 is 1.13 bits per heavy atom. The van der Waals surface area contributed by atoms with Gasteiger partial charge in [0.15, 0.2) is 17.3 Å². The number of ether oxygens (including phenoxy) is 2. The Morgan fingerprint density at radius 3 is 2.77 bits per heavy atom. The van der Waals surface area contributed by atoms with Crippen LogP contribution in [-0.2, 0) is 4.79 Å². The molecule has 3 aliphatic rings. The number of nitrogens with zero attached hydrogens (tertiary/aromatic N) is 2. The molecule has 2 aromatic carbocycles. The number of carbonyl (C=O) groups excluding carboxylic acids is 1. The molecule has 0 spiro atoms. The fraction of sp³-hybridized carbons (Fsp3) is 0.217. The first-order valence-corrected chi connectivity index (χ1v) is 10.1. The Kier molecular flexibility index (Phi) is 4.41. The largest absolute Gasteiger partial charge is 0.454 e. The summed E-state index contributed by atoms with van der Waals surface area (Å²) in [6, 6.07) is 15.0. The van der Waals surface area contributed by atoms with E-state index in [4.69, 9.17) is 26.8 Å². The van der Waals surface area contributed by atoms with Gasteiger partial charge in [-0.1, -0.05) is 23.7 Å². The summed E-state index contributed by atoms with van der Waals surface area (Å²) >= 11 is 6.21. The number of anilines is 1. The van der Waals surface area contributed by atoms with E-state index in [9.17, 15) is 10.1 Å². The van der Waals surface area contributed by atoms with Crippen LogP contribution in [0.4, 0.5) is 5.69 Å². The Hall–Kier alpha value is -3.43. The molecule has 0 bridgehead atoms. The number of halogens is 1. The highest BCUT2D eigenvalue weighted by atomic mass is 35.5. The number of nitriles is 1. The third-order valence-electron chi connectivity index (χ3n) is 5.71. The van der Waals surface area contributed by atoms with Crippen molar-refractivity contribution in [3.05, 3.63) is 75.7 Å². The van der Waals surface area contributed by atoms with Crippen LogP contribution >= 0.6 is 11.6 Å². The fourth-order valence-corrected chi connectivity index (χ4v) is 4.61. The van der Waals surface area contributed by atoms with E-state index in [0.29, 0.717) is 46.3 Å². The first-order valence-electron chi connectivity index (χ1n) is 9.69. The van der Waals surface area contributed by atoms with Crippen LogP contribution in [0.3, 0.4) is 0 Å². The Balaban J connectivity index is 1.73. The predicted molar refractivity (Wildman–Crippen MR) is 112 cm³/mol. The molecule has 5 rings (SSSR count). The van der Waals surface area contributed by atoms with Gasteiger partial charge >= 0.3 is 0 Å². The molecule has 0 unspecified atom stereocenters. The molecule has 0 aromatic heterocycles. The summed E-state index contributed by atoms with van der Waals surface area (Å²) in [6.07, 6.45) is 1.87. The van der Waals surface area contributed by atoms with Gasteiger partial charge in [0.2, 0.25) is 6.79 Å². The lowest BCUT2D eigenvalue weighted by molar-refractivity contribution is -0.116. The van der Waals surface area contributed by atoms with Crippen LogP contribution in [0.15, 0.2) is 65.1 Å². The van der Waals surface area contributed by atoms with Crippen molar-refractivity contribution in [2.75, 3.05) is 11.7 Å². The maximum atomic E-state index is 13.1. The summed E-state index contributed by atoms with van der Waals surface area (Å²) in [5.74, 6) is 1.06. The monoisotopic (exact) mass is 419 g/mol. The second-order valence-corrected chi connectivity index (χ2v) is 7.85. The lowest BCUT2D eigenvalue weighted by atomic mass is 9.75. The topological polar surface area (TPSA) is 88.6 Å². The van der Waals surface area contributed by atoms with Crippen molar-refractivity contribution >= 4 is 23.1 Å². The molecule has 2 aromatic rings. The van der Waals surface area contributed by atoms with Gasteiger partial charge < -0.3 is 15.2 Å². The van der Waals surface area contributed by atoms with Crippen molar-refractivity contribution in [1.82, 2.24) is 0 Å². The molecule has 2 heterocycles. The van der Waals surface area contributed by atoms with E-state index in [1.54, 1.807) is 23.1 Å². The third kappa shape index (κ3) is 2.82. The molecule has 150 valence electrons. The second kappa shape index (κ2) is 7.12. The van der Waals surface area contributed by atoms with Crippen LogP contribution in [0.25, 0.3) is 0 Å². The van der Waals surface area contributed by atoms with Gasteiger partial charge in [-0.25, -0.2) is 0 Å². The molecule has 0 fully saturated rings. The zero-order valence-corrected chi connectivity index (χ0v) is 16.8. The number of rotatable bonds is 2. The van der Waals surface area contributed by atoms with Gasteiger partial charge in [0.05, 0.1) is 17.6 Å². The van der Waals surface area contributed by atoms with E-state index in [1.165, 1.54) is 0 Å². The zero-order chi connectivity index (χ0) is 20.8. The number of nitrogens with two attached hydrogens (primary N) is 1. The normalized spacial score (nSPS) is 20.3. The van der Waals surface area contributed by atoms with Crippen LogP contribution in [-0.4, -0.2) is 12.6 Å². The van der Waals surface area contributed by atoms with E-state index < -0.39 is 5.92 Å². The van der Waals surface area contributed by atoms with Crippen molar-refractivity contribution in [2.24, 2.45) is 5.73 Å². The number of fused-ring (bicyclic) bond motifs is 1. The van der Waals surface area contributed by atoms with Gasteiger partial charge in [-0.3, -0.25) is 9.69 Å². The van der Waals surface area contributed by atoms with Crippen LogP contribution < -0.4 is 20.1 Å². The molecule has 1 atom stereocenters. The Morgan fingerprint density at radius 2 is 1.97 bits per heavy atom. The van der Waals surface area contributed by atoms with Crippen molar-refractivity contribution in [1.29, 1.82) is 5.26 Å². The Bertz CT molecular complexity index is 1180. The van der Waals surface area contributed by atoms with Crippen molar-refractivity contribution in [3.8, 4) is 17.6 Å². The summed E-state index contributed by atoms with van der Waals surface area (Å²) in [4.78, 5) is 14.9. The first kappa shape index (κ1) is 18.6. The molecule has 0 amide bonds. The zero-order valence-electron chi connectivity index (χ0n) is 16.0. The molecule has 0 saturated heterocycles. The molecular weight excluding hydrogens is 402 g/mol. The Labute approximate surface area is 178 Å². The van der Waals surface area contributed by atoms with Gasteiger partial charge in [-0.15, -0.1) is 0 Å². The van der Waals surface area contributed by atoms with Crippen molar-refractivity contribution in [3.63, 3.8) is 0 Å². The molecule has 30 heavy (non-hydrogen) atoms. The summed E-state index contributed by atoms with van der Waals surface area (Å²) in [7, 11) is 0. The van der Waals surface area contributed by atoms with Crippen LogP contribution in [0.1, 0.15) is 30.7 Å². The number of benzene rings is 2. The molecule has 6 nitrogen and oxygen atoms in total. The van der Waals surface area contributed by atoms with Crippen LogP contribution in [0.5, 0.6) is 11.5 Å². The second-order valence-electron chi connectivity index (χ2n) is 7.41. The summed E-state index contributed by atoms with van der Waals surface area (Å²) in [5, 5.41) is 10.6. The van der Waals surface area contributed by atoms with E-state index in [1.807, 2.05) is 24.3 Å². The van der Waals surface area contributed by atoms with Gasteiger partial charge in [0.1, 0.15) is 5.82 Å². The highest BCUT2D eigenvalue weighted by molar-refractivity contribution is 6.30. The highest BCUT2D eigenvalue weighted by Gasteiger charge is 2.40. The average molecular weight is 420 g/mol. The minimum absolute atomic E-state index is 0.0335. The SMILES string of the molecule is N#CC1=C(N)N(c2cccc(Cl)c2)C2=C(C(=O)CCC2)[C@@H]1c1ccc2c(c1)OCO2. The van der Waals surface area contributed by atoms with E-state index in [2.05, 4.69) is 6.07 Å². The smallest absolute Gasteiger partial charge is 0.231 e. The molecule has 1 aliphatic carbocycles. The number of hydrogen-bond donors (Lipinski definition) is 1. The summed E-state index contributed by atoms with van der Waals surface area (Å²) < 4.78 is 10.9. The van der Waals surface area contributed by atoms with Gasteiger partial charge in [0.25, 0.3) is 0 Å². The van der Waals surface area contributed by atoms with E-state index in [-0.39, 0.29) is 12.6 Å². The number of ketones is 1. The minimum Gasteiger partial charge on any atom is -0.454 e. The molecular formula is C23H18ClN3O3. The number of allylic oxidation sites excluding steroid dienone is 3. The fourth-order valence-electron chi connectivity index (χ4n) is 4.42.